The van der Waals surface area contributed by atoms with Gasteiger partial charge in [0.05, 0.1) is 0 Å². The average molecular weight is 315 g/mol. The van der Waals surface area contributed by atoms with Crippen molar-refractivity contribution in [2.24, 2.45) is 7.05 Å². The van der Waals surface area contributed by atoms with Crippen molar-refractivity contribution in [3.05, 3.63) is 12.4 Å². The lowest BCUT2D eigenvalue weighted by Gasteiger charge is -2.30. The number of imidazole rings is 1. The molecule has 1 atom stereocenters. The van der Waals surface area contributed by atoms with Crippen LogP contribution in [0.15, 0.2) is 17.6 Å². The number of hydrogen-bond donors (Lipinski definition) is 1. The number of nitrogens with one attached hydrogen (secondary N) is 1. The van der Waals surface area contributed by atoms with E-state index in [9.17, 15) is 8.42 Å². The Hall–Kier alpha value is -0.880. The molecule has 0 bridgehead atoms. The highest BCUT2D eigenvalue weighted by Crippen LogP contribution is 2.23. The van der Waals surface area contributed by atoms with E-state index in [0.717, 1.165) is 32.1 Å². The van der Waals surface area contributed by atoms with Crippen molar-refractivity contribution in [2.75, 3.05) is 0 Å². The Morgan fingerprint density at radius 2 is 1.90 bits per heavy atom. The molecule has 5 nitrogen and oxygen atoms in total. The van der Waals surface area contributed by atoms with Gasteiger partial charge in [-0.25, -0.2) is 18.1 Å². The van der Waals surface area contributed by atoms with Crippen molar-refractivity contribution in [3.8, 4) is 0 Å². The van der Waals surface area contributed by atoms with Crippen LogP contribution in [-0.4, -0.2) is 23.5 Å². The molecule has 1 N–H and O–H groups in total. The fourth-order valence-corrected chi connectivity index (χ4v) is 4.29. The van der Waals surface area contributed by atoms with Crippen LogP contribution in [0.4, 0.5) is 0 Å². The predicted molar refractivity (Wildman–Crippen MR) is 85.6 cm³/mol. The molecular formula is C15H29N3O2S. The summed E-state index contributed by atoms with van der Waals surface area (Å²) in [7, 11) is -1.87. The van der Waals surface area contributed by atoms with E-state index >= 15 is 0 Å². The highest BCUT2D eigenvalue weighted by molar-refractivity contribution is 7.89. The van der Waals surface area contributed by atoms with Crippen LogP contribution in [0.3, 0.4) is 0 Å². The third-order valence-corrected chi connectivity index (χ3v) is 5.42. The number of sulfonamides is 1. The van der Waals surface area contributed by atoms with Gasteiger partial charge in [0.1, 0.15) is 0 Å². The molecule has 1 aromatic rings. The van der Waals surface area contributed by atoms with Crippen molar-refractivity contribution in [2.45, 2.75) is 76.4 Å². The first-order valence-corrected chi connectivity index (χ1v) is 9.34. The van der Waals surface area contributed by atoms with E-state index in [-0.39, 0.29) is 5.16 Å². The number of unbranched alkanes of at least 4 members (excludes halogenated alkanes) is 3. The van der Waals surface area contributed by atoms with Gasteiger partial charge in [0.25, 0.3) is 10.0 Å². The Morgan fingerprint density at radius 1 is 1.19 bits per heavy atom. The summed E-state index contributed by atoms with van der Waals surface area (Å²) in [4.78, 5) is 3.95. The summed E-state index contributed by atoms with van der Waals surface area (Å²) in [5, 5.41) is 0.0818. The Balaban J connectivity index is 2.79. The van der Waals surface area contributed by atoms with Crippen molar-refractivity contribution in [1.29, 1.82) is 0 Å². The number of nitrogens with zero attached hydrogens (tertiary/aromatic N) is 2. The first-order chi connectivity index (χ1) is 9.84. The largest absolute Gasteiger partial charge is 0.324 e. The zero-order chi connectivity index (χ0) is 15.9. The summed E-state index contributed by atoms with van der Waals surface area (Å²) in [5.74, 6) is 0. The first kappa shape index (κ1) is 18.2. The first-order valence-electron chi connectivity index (χ1n) is 7.86. The molecule has 0 aliphatic heterocycles. The zero-order valence-corrected chi connectivity index (χ0v) is 14.5. The molecule has 0 amide bonds. The molecule has 0 spiro atoms. The minimum atomic E-state index is -3.57. The molecule has 0 aromatic carbocycles. The normalized spacial score (nSPS) is 15.0. The molecule has 0 saturated heterocycles. The van der Waals surface area contributed by atoms with E-state index in [0.29, 0.717) is 0 Å². The lowest BCUT2D eigenvalue weighted by atomic mass is 9.91. The topological polar surface area (TPSA) is 64.0 Å². The molecule has 21 heavy (non-hydrogen) atoms. The van der Waals surface area contributed by atoms with Gasteiger partial charge in [0, 0.05) is 25.0 Å². The van der Waals surface area contributed by atoms with Crippen LogP contribution >= 0.6 is 0 Å². The third-order valence-electron chi connectivity index (χ3n) is 3.78. The SMILES string of the molecule is CCCCCCC(C)(CCC)NS(=O)(=O)c1nccn1C. The minimum Gasteiger partial charge on any atom is -0.324 e. The second-order valence-electron chi connectivity index (χ2n) is 6.05. The Bertz CT molecular complexity index is 525. The Labute approximate surface area is 129 Å². The van der Waals surface area contributed by atoms with Gasteiger partial charge in [-0.1, -0.05) is 46.0 Å². The maximum atomic E-state index is 12.5. The van der Waals surface area contributed by atoms with E-state index in [1.54, 1.807) is 13.2 Å². The van der Waals surface area contributed by atoms with Crippen LogP contribution in [-0.2, 0) is 17.1 Å². The van der Waals surface area contributed by atoms with Crippen LogP contribution in [0.25, 0.3) is 0 Å². The van der Waals surface area contributed by atoms with Crippen LogP contribution in [0, 0.1) is 0 Å². The summed E-state index contributed by atoms with van der Waals surface area (Å²) in [6.45, 7) is 6.26. The summed E-state index contributed by atoms with van der Waals surface area (Å²) >= 11 is 0. The highest BCUT2D eigenvalue weighted by Gasteiger charge is 2.31. The molecule has 0 aliphatic carbocycles. The highest BCUT2D eigenvalue weighted by atomic mass is 32.2. The Kier molecular flexibility index (Phi) is 6.87. The van der Waals surface area contributed by atoms with Gasteiger partial charge < -0.3 is 4.57 Å². The molecule has 1 unspecified atom stereocenters. The number of aromatic nitrogens is 2. The van der Waals surface area contributed by atoms with Crippen LogP contribution in [0.2, 0.25) is 0 Å². The maximum Gasteiger partial charge on any atom is 0.274 e. The summed E-state index contributed by atoms with van der Waals surface area (Å²) in [5.41, 5.74) is -0.396. The fraction of sp³-hybridized carbons (Fsp3) is 0.800. The van der Waals surface area contributed by atoms with Gasteiger partial charge in [-0.3, -0.25) is 0 Å². The van der Waals surface area contributed by atoms with E-state index in [4.69, 9.17) is 0 Å². The van der Waals surface area contributed by atoms with Gasteiger partial charge in [0.2, 0.25) is 5.16 Å². The van der Waals surface area contributed by atoms with Crippen molar-refractivity contribution in [1.82, 2.24) is 14.3 Å². The van der Waals surface area contributed by atoms with Gasteiger partial charge in [-0.05, 0) is 19.8 Å². The van der Waals surface area contributed by atoms with E-state index in [1.165, 1.54) is 23.6 Å². The predicted octanol–water partition coefficient (Wildman–Crippen LogP) is 3.23. The van der Waals surface area contributed by atoms with Crippen LogP contribution < -0.4 is 4.72 Å². The molecule has 6 heteroatoms. The lowest BCUT2D eigenvalue weighted by Crippen LogP contribution is -2.46. The molecular weight excluding hydrogens is 286 g/mol. The molecule has 0 saturated carbocycles. The van der Waals surface area contributed by atoms with E-state index in [1.807, 2.05) is 6.92 Å². The summed E-state index contributed by atoms with van der Waals surface area (Å²) in [6, 6.07) is 0. The Morgan fingerprint density at radius 3 is 2.43 bits per heavy atom. The second kappa shape index (κ2) is 7.94. The van der Waals surface area contributed by atoms with Gasteiger partial charge >= 0.3 is 0 Å². The minimum absolute atomic E-state index is 0.0818. The standard InChI is InChI=1S/C15H29N3O2S/c1-5-7-8-9-11-15(3,10-6-2)17-21(19,20)14-16-12-13-18(14)4/h12-13,17H,5-11H2,1-4H3. The monoisotopic (exact) mass is 315 g/mol. The number of aryl methyl sites for hydroxylation is 1. The van der Waals surface area contributed by atoms with Gasteiger partial charge in [-0.15, -0.1) is 0 Å². The second-order valence-corrected chi connectivity index (χ2v) is 7.62. The van der Waals surface area contributed by atoms with Gasteiger partial charge in [0.15, 0.2) is 0 Å². The van der Waals surface area contributed by atoms with Gasteiger partial charge in [-0.2, -0.15) is 0 Å². The number of rotatable bonds is 10. The number of hydrogen-bond acceptors (Lipinski definition) is 3. The zero-order valence-electron chi connectivity index (χ0n) is 13.7. The molecule has 0 radical (unpaired) electrons. The smallest absolute Gasteiger partial charge is 0.274 e. The summed E-state index contributed by atoms with van der Waals surface area (Å²) in [6.07, 6.45) is 10.4. The molecule has 1 heterocycles. The van der Waals surface area contributed by atoms with Crippen molar-refractivity contribution < 1.29 is 8.42 Å². The average Bonchev–Trinajstić information content (AvgIpc) is 2.81. The maximum absolute atomic E-state index is 12.5. The molecule has 122 valence electrons. The molecule has 0 fully saturated rings. The van der Waals surface area contributed by atoms with Crippen LogP contribution in [0.5, 0.6) is 0 Å². The molecule has 1 aromatic heterocycles. The fourth-order valence-electron chi connectivity index (χ4n) is 2.70. The third kappa shape index (κ3) is 5.43. The van der Waals surface area contributed by atoms with E-state index in [2.05, 4.69) is 23.6 Å². The quantitative estimate of drug-likeness (QED) is 0.674. The van der Waals surface area contributed by atoms with E-state index < -0.39 is 15.6 Å². The molecule has 1 rings (SSSR count). The van der Waals surface area contributed by atoms with Crippen molar-refractivity contribution >= 4 is 10.0 Å². The summed E-state index contributed by atoms with van der Waals surface area (Å²) < 4.78 is 29.4. The molecule has 0 aliphatic rings. The van der Waals surface area contributed by atoms with Crippen LogP contribution in [0.1, 0.15) is 65.7 Å². The van der Waals surface area contributed by atoms with Crippen molar-refractivity contribution in [3.63, 3.8) is 0 Å². The lowest BCUT2D eigenvalue weighted by molar-refractivity contribution is 0.340.